The summed E-state index contributed by atoms with van der Waals surface area (Å²) in [6, 6.07) is 0. The number of carbonyl (C=O) groups is 1. The minimum absolute atomic E-state index is 0.131. The molecule has 128 valence electrons. The molecule has 2 aliphatic heterocycles. The molecule has 4 rings (SSSR count). The molecule has 2 aromatic rings. The monoisotopic (exact) mass is 346 g/mol. The fourth-order valence-electron chi connectivity index (χ4n) is 3.64. The van der Waals surface area contributed by atoms with Crippen molar-refractivity contribution in [1.82, 2.24) is 14.9 Å². The molecule has 0 saturated carbocycles. The summed E-state index contributed by atoms with van der Waals surface area (Å²) in [5.74, 6) is 1.40. The van der Waals surface area contributed by atoms with E-state index >= 15 is 0 Å². The lowest BCUT2D eigenvalue weighted by molar-refractivity contribution is -0.139. The third kappa shape index (κ3) is 2.65. The molecule has 0 aromatic carbocycles. The summed E-state index contributed by atoms with van der Waals surface area (Å²) in [6.07, 6.45) is 4.22. The number of nitrogens with zero attached hydrogens (tertiary/aromatic N) is 4. The molecule has 0 radical (unpaired) electrons. The average molecular weight is 346 g/mol. The van der Waals surface area contributed by atoms with Crippen molar-refractivity contribution in [2.45, 2.75) is 25.8 Å². The van der Waals surface area contributed by atoms with Gasteiger partial charge in [-0.3, -0.25) is 4.79 Å². The van der Waals surface area contributed by atoms with Crippen LogP contribution in [-0.2, 0) is 22.5 Å². The summed E-state index contributed by atoms with van der Waals surface area (Å²) in [6.45, 7) is 2.91. The molecule has 1 amide bonds. The van der Waals surface area contributed by atoms with Gasteiger partial charge >= 0.3 is 0 Å². The maximum Gasteiger partial charge on any atom is 0.226 e. The van der Waals surface area contributed by atoms with Gasteiger partial charge in [0.15, 0.2) is 0 Å². The van der Waals surface area contributed by atoms with Crippen molar-refractivity contribution in [2.75, 3.05) is 38.8 Å². The fraction of sp³-hybridized carbons (Fsp3) is 0.588. The normalized spacial score (nSPS) is 18.7. The first kappa shape index (κ1) is 15.8. The number of rotatable bonds is 2. The quantitative estimate of drug-likeness (QED) is 0.833. The van der Waals surface area contributed by atoms with Crippen molar-refractivity contribution in [3.8, 4) is 0 Å². The second kappa shape index (κ2) is 6.29. The lowest BCUT2D eigenvalue weighted by Crippen LogP contribution is -2.41. The van der Waals surface area contributed by atoms with E-state index in [0.717, 1.165) is 36.5 Å². The van der Waals surface area contributed by atoms with Crippen LogP contribution in [0.3, 0.4) is 0 Å². The van der Waals surface area contributed by atoms with Crippen LogP contribution in [0, 0.1) is 5.92 Å². The second-order valence-corrected chi connectivity index (χ2v) is 7.76. The Labute approximate surface area is 145 Å². The maximum atomic E-state index is 12.8. The molecule has 24 heavy (non-hydrogen) atoms. The number of carbonyl (C=O) groups excluding carboxylic acids is 1. The zero-order chi connectivity index (χ0) is 16.7. The molecule has 1 saturated heterocycles. The molecule has 2 aromatic heterocycles. The molecule has 4 heterocycles. The van der Waals surface area contributed by atoms with Gasteiger partial charge in [0, 0.05) is 44.6 Å². The van der Waals surface area contributed by atoms with Crippen molar-refractivity contribution < 1.29 is 9.53 Å². The van der Waals surface area contributed by atoms with Crippen LogP contribution in [0.15, 0.2) is 6.33 Å². The number of thiophene rings is 1. The Morgan fingerprint density at radius 1 is 1.33 bits per heavy atom. The molecular formula is C17H22N4O2S. The van der Waals surface area contributed by atoms with Crippen molar-refractivity contribution in [3.05, 3.63) is 16.8 Å². The average Bonchev–Trinajstić information content (AvgIpc) is 2.99. The molecule has 1 fully saturated rings. The van der Waals surface area contributed by atoms with Gasteiger partial charge in [-0.05, 0) is 24.8 Å². The predicted octanol–water partition coefficient (Wildman–Crippen LogP) is 2.07. The smallest absolute Gasteiger partial charge is 0.226 e. The summed E-state index contributed by atoms with van der Waals surface area (Å²) >= 11 is 1.70. The van der Waals surface area contributed by atoms with E-state index in [1.54, 1.807) is 17.7 Å². The number of hydrogen-bond donors (Lipinski definition) is 0. The van der Waals surface area contributed by atoms with E-state index < -0.39 is 0 Å². The minimum atomic E-state index is 0.131. The van der Waals surface area contributed by atoms with Gasteiger partial charge in [-0.15, -0.1) is 11.3 Å². The zero-order valence-corrected chi connectivity index (χ0v) is 14.9. The topological polar surface area (TPSA) is 58.6 Å². The second-order valence-electron chi connectivity index (χ2n) is 6.67. The zero-order valence-electron chi connectivity index (χ0n) is 14.1. The summed E-state index contributed by atoms with van der Waals surface area (Å²) < 4.78 is 5.38. The Balaban J connectivity index is 1.62. The van der Waals surface area contributed by atoms with Gasteiger partial charge in [-0.25, -0.2) is 9.97 Å². The van der Waals surface area contributed by atoms with Gasteiger partial charge < -0.3 is 14.5 Å². The van der Waals surface area contributed by atoms with E-state index in [1.807, 2.05) is 23.9 Å². The lowest BCUT2D eigenvalue weighted by Gasteiger charge is -2.32. The van der Waals surface area contributed by atoms with E-state index in [-0.39, 0.29) is 5.92 Å². The molecule has 0 aliphatic carbocycles. The lowest BCUT2D eigenvalue weighted by atomic mass is 9.97. The Morgan fingerprint density at radius 2 is 2.12 bits per heavy atom. The van der Waals surface area contributed by atoms with Gasteiger partial charge in [0.25, 0.3) is 0 Å². The molecule has 0 bridgehead atoms. The summed E-state index contributed by atoms with van der Waals surface area (Å²) in [7, 11) is 4.02. The van der Waals surface area contributed by atoms with Crippen LogP contribution in [-0.4, -0.2) is 54.6 Å². The number of anilines is 1. The number of hydrogen-bond acceptors (Lipinski definition) is 6. The summed E-state index contributed by atoms with van der Waals surface area (Å²) in [5, 5.41) is 1.17. The highest BCUT2D eigenvalue weighted by Crippen LogP contribution is 2.38. The first-order valence-corrected chi connectivity index (χ1v) is 9.26. The van der Waals surface area contributed by atoms with Crippen LogP contribution >= 0.6 is 11.3 Å². The first-order valence-electron chi connectivity index (χ1n) is 8.44. The molecular weight excluding hydrogens is 324 g/mol. The van der Waals surface area contributed by atoms with Crippen molar-refractivity contribution in [3.63, 3.8) is 0 Å². The SMILES string of the molecule is CN(C)c1ncnc2sc3c(c12)CCN(C(=O)C1CCOCC1)C3. The van der Waals surface area contributed by atoms with Crippen LogP contribution in [0.2, 0.25) is 0 Å². The van der Waals surface area contributed by atoms with Gasteiger partial charge in [0.2, 0.25) is 5.91 Å². The van der Waals surface area contributed by atoms with Gasteiger partial charge in [-0.2, -0.15) is 0 Å². The minimum Gasteiger partial charge on any atom is -0.381 e. The van der Waals surface area contributed by atoms with Gasteiger partial charge in [-0.1, -0.05) is 0 Å². The first-order chi connectivity index (χ1) is 11.6. The summed E-state index contributed by atoms with van der Waals surface area (Å²) in [5.41, 5.74) is 1.33. The van der Waals surface area contributed by atoms with Crippen molar-refractivity contribution in [2.24, 2.45) is 5.92 Å². The molecule has 7 heteroatoms. The fourth-order valence-corrected chi connectivity index (χ4v) is 4.84. The van der Waals surface area contributed by atoms with Crippen LogP contribution < -0.4 is 4.90 Å². The Morgan fingerprint density at radius 3 is 2.88 bits per heavy atom. The standard InChI is InChI=1S/C17H22N4O2S/c1-20(2)15-14-12-3-6-21(17(22)11-4-7-23-8-5-11)9-13(12)24-16(14)19-10-18-15/h10-11H,3-9H2,1-2H3. The van der Waals surface area contributed by atoms with E-state index in [0.29, 0.717) is 25.7 Å². The van der Waals surface area contributed by atoms with Crippen molar-refractivity contribution >= 4 is 33.3 Å². The highest BCUT2D eigenvalue weighted by atomic mass is 32.1. The van der Waals surface area contributed by atoms with E-state index in [2.05, 4.69) is 9.97 Å². The van der Waals surface area contributed by atoms with Crippen LogP contribution in [0.4, 0.5) is 5.82 Å². The number of aromatic nitrogens is 2. The number of fused-ring (bicyclic) bond motifs is 3. The third-order valence-electron chi connectivity index (χ3n) is 4.92. The molecule has 6 nitrogen and oxygen atoms in total. The molecule has 0 atom stereocenters. The van der Waals surface area contributed by atoms with E-state index in [4.69, 9.17) is 4.74 Å². The Hall–Kier alpha value is -1.73. The van der Waals surface area contributed by atoms with Crippen molar-refractivity contribution in [1.29, 1.82) is 0 Å². The van der Waals surface area contributed by atoms with Crippen LogP contribution in [0.1, 0.15) is 23.3 Å². The number of ether oxygens (including phenoxy) is 1. The number of amides is 1. The highest BCUT2D eigenvalue weighted by Gasteiger charge is 2.31. The predicted molar refractivity (Wildman–Crippen MR) is 94.4 cm³/mol. The molecule has 2 aliphatic rings. The molecule has 0 N–H and O–H groups in total. The summed E-state index contributed by atoms with van der Waals surface area (Å²) in [4.78, 5) is 28.0. The van der Waals surface area contributed by atoms with Gasteiger partial charge in [0.1, 0.15) is 17.0 Å². The highest BCUT2D eigenvalue weighted by molar-refractivity contribution is 7.19. The maximum absolute atomic E-state index is 12.8. The van der Waals surface area contributed by atoms with Crippen LogP contribution in [0.25, 0.3) is 10.2 Å². The van der Waals surface area contributed by atoms with E-state index in [9.17, 15) is 4.79 Å². The molecule has 0 unspecified atom stereocenters. The Kier molecular flexibility index (Phi) is 4.14. The Bertz CT molecular complexity index is 767. The van der Waals surface area contributed by atoms with Gasteiger partial charge in [0.05, 0.1) is 11.9 Å². The van der Waals surface area contributed by atoms with E-state index in [1.165, 1.54) is 15.8 Å². The van der Waals surface area contributed by atoms with Crippen LogP contribution in [0.5, 0.6) is 0 Å². The third-order valence-corrected chi connectivity index (χ3v) is 6.05. The molecule has 0 spiro atoms. The largest absolute Gasteiger partial charge is 0.381 e.